The van der Waals surface area contributed by atoms with Crippen LogP contribution in [-0.2, 0) is 11.3 Å². The Bertz CT molecular complexity index is 638. The molecule has 2 aromatic rings. The minimum absolute atomic E-state index is 0.192. The molecule has 5 nitrogen and oxygen atoms in total. The highest BCUT2D eigenvalue weighted by atomic mass is 16.5. The van der Waals surface area contributed by atoms with Crippen LogP contribution in [0.3, 0.4) is 0 Å². The molecule has 1 heterocycles. The van der Waals surface area contributed by atoms with Crippen molar-refractivity contribution >= 4 is 5.97 Å². The summed E-state index contributed by atoms with van der Waals surface area (Å²) < 4.78 is 10.4. The fourth-order valence-corrected chi connectivity index (χ4v) is 2.06. The summed E-state index contributed by atoms with van der Waals surface area (Å²) >= 11 is 0. The summed E-state index contributed by atoms with van der Waals surface area (Å²) in [6.07, 6.45) is 0. The second-order valence-electron chi connectivity index (χ2n) is 4.57. The van der Waals surface area contributed by atoms with E-state index >= 15 is 0 Å². The van der Waals surface area contributed by atoms with Gasteiger partial charge in [-0.3, -0.25) is 0 Å². The fourth-order valence-electron chi connectivity index (χ4n) is 2.06. The number of hydrogen-bond acceptors (Lipinski definition) is 5. The van der Waals surface area contributed by atoms with Crippen molar-refractivity contribution in [1.29, 1.82) is 0 Å². The summed E-state index contributed by atoms with van der Waals surface area (Å²) in [4.78, 5) is 15.9. The van der Waals surface area contributed by atoms with Gasteiger partial charge in [-0.2, -0.15) is 0 Å². The molecule has 0 unspecified atom stereocenters. The smallest absolute Gasteiger partial charge is 0.356 e. The van der Waals surface area contributed by atoms with Crippen LogP contribution in [0.4, 0.5) is 0 Å². The average Bonchev–Trinajstić information content (AvgIpc) is 2.55. The van der Waals surface area contributed by atoms with Crippen molar-refractivity contribution in [2.45, 2.75) is 20.5 Å². The summed E-state index contributed by atoms with van der Waals surface area (Å²) in [5.41, 5.74) is 2.32. The summed E-state index contributed by atoms with van der Waals surface area (Å²) in [7, 11) is 0. The first kappa shape index (κ1) is 16.0. The molecule has 0 atom stereocenters. The molecule has 0 aliphatic carbocycles. The third-order valence-electron chi connectivity index (χ3n) is 3.02. The van der Waals surface area contributed by atoms with Gasteiger partial charge in [0.05, 0.1) is 25.5 Å². The van der Waals surface area contributed by atoms with Crippen molar-refractivity contribution in [2.24, 2.45) is 0 Å². The van der Waals surface area contributed by atoms with E-state index in [0.29, 0.717) is 12.3 Å². The van der Waals surface area contributed by atoms with Gasteiger partial charge in [0, 0.05) is 0 Å². The standard InChI is InChI=1S/C17H19NO4/c1-3-21-15-7-5-12(6-8-15)13-9-14(11-19)18-16(10-13)17(20)22-4-2/h5-10,19H,3-4,11H2,1-2H3. The molecule has 0 aliphatic heterocycles. The number of carbonyl (C=O) groups is 1. The Balaban J connectivity index is 2.36. The molecule has 2 rings (SSSR count). The van der Waals surface area contributed by atoms with E-state index in [9.17, 15) is 9.90 Å². The molecule has 0 radical (unpaired) electrons. The van der Waals surface area contributed by atoms with E-state index in [4.69, 9.17) is 9.47 Å². The highest BCUT2D eigenvalue weighted by Gasteiger charge is 2.12. The maximum absolute atomic E-state index is 11.8. The number of aromatic nitrogens is 1. The zero-order valence-electron chi connectivity index (χ0n) is 12.7. The quantitative estimate of drug-likeness (QED) is 0.831. The number of ether oxygens (including phenoxy) is 2. The summed E-state index contributed by atoms with van der Waals surface area (Å²) in [5.74, 6) is 0.290. The monoisotopic (exact) mass is 301 g/mol. The number of nitrogens with zero attached hydrogens (tertiary/aromatic N) is 1. The van der Waals surface area contributed by atoms with Crippen LogP contribution in [0.15, 0.2) is 36.4 Å². The van der Waals surface area contributed by atoms with Crippen LogP contribution >= 0.6 is 0 Å². The summed E-state index contributed by atoms with van der Waals surface area (Å²) in [6.45, 7) is 4.31. The number of esters is 1. The van der Waals surface area contributed by atoms with Crippen LogP contribution < -0.4 is 4.74 Å². The molecule has 0 saturated heterocycles. The minimum Gasteiger partial charge on any atom is -0.494 e. The zero-order chi connectivity index (χ0) is 15.9. The Hall–Kier alpha value is -2.40. The molecule has 22 heavy (non-hydrogen) atoms. The second-order valence-corrected chi connectivity index (χ2v) is 4.57. The fraction of sp³-hybridized carbons (Fsp3) is 0.294. The lowest BCUT2D eigenvalue weighted by molar-refractivity contribution is 0.0519. The maximum atomic E-state index is 11.8. The van der Waals surface area contributed by atoms with Gasteiger partial charge >= 0.3 is 5.97 Å². The maximum Gasteiger partial charge on any atom is 0.356 e. The lowest BCUT2D eigenvalue weighted by Gasteiger charge is -2.09. The van der Waals surface area contributed by atoms with Gasteiger partial charge in [0.15, 0.2) is 0 Å². The Morgan fingerprint density at radius 1 is 1.09 bits per heavy atom. The predicted octanol–water partition coefficient (Wildman–Crippen LogP) is 2.82. The highest BCUT2D eigenvalue weighted by Crippen LogP contribution is 2.24. The van der Waals surface area contributed by atoms with Crippen LogP contribution in [0.1, 0.15) is 30.0 Å². The van der Waals surface area contributed by atoms with Crippen molar-refractivity contribution in [1.82, 2.24) is 4.98 Å². The number of hydrogen-bond donors (Lipinski definition) is 1. The molecule has 0 saturated carbocycles. The van der Waals surface area contributed by atoms with E-state index in [1.165, 1.54) is 0 Å². The van der Waals surface area contributed by atoms with Gasteiger partial charge in [0.2, 0.25) is 0 Å². The molecule has 0 spiro atoms. The third-order valence-corrected chi connectivity index (χ3v) is 3.02. The zero-order valence-corrected chi connectivity index (χ0v) is 12.7. The largest absolute Gasteiger partial charge is 0.494 e. The van der Waals surface area contributed by atoms with Gasteiger partial charge in [-0.15, -0.1) is 0 Å². The number of carbonyl (C=O) groups excluding carboxylic acids is 1. The number of aliphatic hydroxyl groups excluding tert-OH is 1. The number of aliphatic hydroxyl groups is 1. The Labute approximate surface area is 129 Å². The van der Waals surface area contributed by atoms with E-state index in [1.54, 1.807) is 19.1 Å². The van der Waals surface area contributed by atoms with Crippen molar-refractivity contribution in [3.05, 3.63) is 47.8 Å². The summed E-state index contributed by atoms with van der Waals surface area (Å²) in [5, 5.41) is 9.32. The van der Waals surface area contributed by atoms with Crippen molar-refractivity contribution in [3.8, 4) is 16.9 Å². The number of rotatable bonds is 6. The Kier molecular flexibility index (Phi) is 5.49. The Morgan fingerprint density at radius 3 is 2.41 bits per heavy atom. The van der Waals surface area contributed by atoms with Gasteiger partial charge in [-0.1, -0.05) is 12.1 Å². The van der Waals surface area contributed by atoms with Crippen LogP contribution in [-0.4, -0.2) is 29.3 Å². The molecule has 1 N–H and O–H groups in total. The molecule has 5 heteroatoms. The van der Waals surface area contributed by atoms with E-state index in [1.807, 2.05) is 31.2 Å². The van der Waals surface area contributed by atoms with Crippen molar-refractivity contribution < 1.29 is 19.4 Å². The van der Waals surface area contributed by atoms with Gasteiger partial charge in [-0.05, 0) is 49.2 Å². The average molecular weight is 301 g/mol. The predicted molar refractivity (Wildman–Crippen MR) is 82.7 cm³/mol. The van der Waals surface area contributed by atoms with Gasteiger partial charge in [0.1, 0.15) is 11.4 Å². The molecule has 116 valence electrons. The van der Waals surface area contributed by atoms with Gasteiger partial charge < -0.3 is 14.6 Å². The van der Waals surface area contributed by atoms with Crippen molar-refractivity contribution in [3.63, 3.8) is 0 Å². The molecular formula is C17H19NO4. The molecule has 1 aromatic carbocycles. The Morgan fingerprint density at radius 2 is 1.82 bits per heavy atom. The van der Waals surface area contributed by atoms with E-state index < -0.39 is 5.97 Å². The van der Waals surface area contributed by atoms with Crippen LogP contribution in [0.5, 0.6) is 5.75 Å². The van der Waals surface area contributed by atoms with E-state index in [0.717, 1.165) is 16.9 Å². The van der Waals surface area contributed by atoms with Crippen LogP contribution in [0.25, 0.3) is 11.1 Å². The summed E-state index contributed by atoms with van der Waals surface area (Å²) in [6, 6.07) is 10.9. The topological polar surface area (TPSA) is 68.7 Å². The van der Waals surface area contributed by atoms with E-state index in [2.05, 4.69) is 4.98 Å². The number of benzene rings is 1. The van der Waals surface area contributed by atoms with Crippen LogP contribution in [0.2, 0.25) is 0 Å². The first-order valence-electron chi connectivity index (χ1n) is 7.20. The van der Waals surface area contributed by atoms with Crippen molar-refractivity contribution in [2.75, 3.05) is 13.2 Å². The molecule has 0 amide bonds. The highest BCUT2D eigenvalue weighted by molar-refractivity contribution is 5.89. The molecular weight excluding hydrogens is 282 g/mol. The SMILES string of the molecule is CCOC(=O)c1cc(-c2ccc(OCC)cc2)cc(CO)n1. The lowest BCUT2D eigenvalue weighted by atomic mass is 10.0. The normalized spacial score (nSPS) is 10.3. The molecule has 0 aliphatic rings. The first-order chi connectivity index (χ1) is 10.7. The van der Waals surface area contributed by atoms with Crippen LogP contribution in [0, 0.1) is 0 Å². The molecule has 0 fully saturated rings. The minimum atomic E-state index is -0.495. The van der Waals surface area contributed by atoms with Gasteiger partial charge in [0.25, 0.3) is 0 Å². The third kappa shape index (κ3) is 3.83. The van der Waals surface area contributed by atoms with Gasteiger partial charge in [-0.25, -0.2) is 9.78 Å². The number of pyridine rings is 1. The molecule has 1 aromatic heterocycles. The van der Waals surface area contributed by atoms with E-state index in [-0.39, 0.29) is 18.9 Å². The second kappa shape index (κ2) is 7.56. The molecule has 0 bridgehead atoms. The first-order valence-corrected chi connectivity index (χ1v) is 7.20. The lowest BCUT2D eigenvalue weighted by Crippen LogP contribution is -2.09.